The molecular weight excluding hydrogens is 362 g/mol. The average molecular weight is 377 g/mol. The summed E-state index contributed by atoms with van der Waals surface area (Å²) >= 11 is 0. The fraction of sp³-hybridized carbons (Fsp3) is 0.167. The van der Waals surface area contributed by atoms with Crippen molar-refractivity contribution in [3.63, 3.8) is 0 Å². The maximum Gasteiger partial charge on any atom is 0.265 e. The normalized spacial score (nSPS) is 13.3. The van der Waals surface area contributed by atoms with Crippen LogP contribution in [0, 0.1) is 30.9 Å². The number of amides is 1. The lowest BCUT2D eigenvalue weighted by molar-refractivity contribution is -0.121. The molecule has 1 amide bonds. The van der Waals surface area contributed by atoms with Gasteiger partial charge in [-0.2, -0.15) is 0 Å². The third-order valence-electron chi connectivity index (χ3n) is 4.07. The Morgan fingerprint density at radius 1 is 1.24 bits per heavy atom. The summed E-state index contributed by atoms with van der Waals surface area (Å²) in [4.78, 5) is 13.5. The minimum atomic E-state index is -0.939. The molecule has 128 valence electrons. The highest BCUT2D eigenvalue weighted by Crippen LogP contribution is 2.37. The fourth-order valence-electron chi connectivity index (χ4n) is 2.72. The molecule has 0 N–H and O–H groups in total. The maximum atomic E-state index is 14.5. The van der Waals surface area contributed by atoms with Gasteiger partial charge in [0.05, 0.1) is 12.2 Å². The number of benzene rings is 2. The molecule has 2 aromatic carbocycles. The van der Waals surface area contributed by atoms with E-state index in [0.29, 0.717) is 27.9 Å². The summed E-state index contributed by atoms with van der Waals surface area (Å²) in [6.45, 7) is 1.67. The largest absolute Gasteiger partial charge is 0.482 e. The standard InChI is InChI=1S/C18H15F2NO2P2/c1-3-4-21-12-6-10(14(24)7-13(12)23-8-15(21)22)11-5-9(2)18(25)17(20)16(11)19/h1,5-7H,4,8,24-25H2,2H3. The number of terminal acetylenes is 1. The Morgan fingerprint density at radius 3 is 2.64 bits per heavy atom. The van der Waals surface area contributed by atoms with Gasteiger partial charge in [0.1, 0.15) is 5.75 Å². The first kappa shape index (κ1) is 17.8. The molecule has 0 saturated carbocycles. The topological polar surface area (TPSA) is 29.5 Å². The Morgan fingerprint density at radius 2 is 1.96 bits per heavy atom. The van der Waals surface area contributed by atoms with Crippen LogP contribution in [-0.2, 0) is 4.79 Å². The molecule has 1 heterocycles. The van der Waals surface area contributed by atoms with Gasteiger partial charge < -0.3 is 4.74 Å². The Labute approximate surface area is 149 Å². The first-order valence-corrected chi connectivity index (χ1v) is 8.55. The van der Waals surface area contributed by atoms with E-state index in [4.69, 9.17) is 11.2 Å². The van der Waals surface area contributed by atoms with Crippen molar-refractivity contribution >= 4 is 40.7 Å². The summed E-state index contributed by atoms with van der Waals surface area (Å²) in [5.41, 5.74) is 1.62. The van der Waals surface area contributed by atoms with Gasteiger partial charge in [0.2, 0.25) is 0 Å². The van der Waals surface area contributed by atoms with Gasteiger partial charge in [0, 0.05) is 10.9 Å². The van der Waals surface area contributed by atoms with E-state index in [9.17, 15) is 13.6 Å². The number of hydrogen-bond acceptors (Lipinski definition) is 2. The molecule has 1 aliphatic rings. The summed E-state index contributed by atoms with van der Waals surface area (Å²) in [7, 11) is 4.69. The second kappa shape index (κ2) is 6.71. The van der Waals surface area contributed by atoms with Gasteiger partial charge in [-0.25, -0.2) is 8.78 Å². The van der Waals surface area contributed by atoms with Crippen LogP contribution in [0.25, 0.3) is 11.1 Å². The molecule has 3 rings (SSSR count). The maximum absolute atomic E-state index is 14.5. The van der Waals surface area contributed by atoms with E-state index < -0.39 is 11.6 Å². The minimum absolute atomic E-state index is 0.0746. The van der Waals surface area contributed by atoms with Crippen molar-refractivity contribution in [2.45, 2.75) is 6.92 Å². The lowest BCUT2D eigenvalue weighted by Gasteiger charge is -2.29. The van der Waals surface area contributed by atoms with Crippen molar-refractivity contribution in [2.75, 3.05) is 18.1 Å². The quantitative estimate of drug-likeness (QED) is 0.594. The van der Waals surface area contributed by atoms with Crippen LogP contribution in [0.1, 0.15) is 5.56 Å². The van der Waals surface area contributed by atoms with Crippen LogP contribution < -0.4 is 20.2 Å². The molecule has 1 aliphatic heterocycles. The zero-order valence-corrected chi connectivity index (χ0v) is 15.7. The highest BCUT2D eigenvalue weighted by molar-refractivity contribution is 7.28. The zero-order valence-electron chi connectivity index (χ0n) is 13.4. The van der Waals surface area contributed by atoms with Gasteiger partial charge in [0.25, 0.3) is 5.91 Å². The zero-order chi connectivity index (χ0) is 18.3. The minimum Gasteiger partial charge on any atom is -0.482 e. The van der Waals surface area contributed by atoms with Crippen LogP contribution in [0.15, 0.2) is 18.2 Å². The van der Waals surface area contributed by atoms with Gasteiger partial charge in [0.15, 0.2) is 18.2 Å². The third kappa shape index (κ3) is 3.01. The van der Waals surface area contributed by atoms with E-state index >= 15 is 0 Å². The SMILES string of the molecule is C#CCN1C(=O)COc2cc(P)c(-c3cc(C)c(P)c(F)c3F)cc21. The highest BCUT2D eigenvalue weighted by Gasteiger charge is 2.27. The van der Waals surface area contributed by atoms with Crippen LogP contribution >= 0.6 is 18.5 Å². The van der Waals surface area contributed by atoms with Crippen molar-refractivity contribution < 1.29 is 18.3 Å². The number of ether oxygens (including phenoxy) is 1. The molecule has 0 spiro atoms. The van der Waals surface area contributed by atoms with E-state index in [0.717, 1.165) is 0 Å². The van der Waals surface area contributed by atoms with E-state index in [1.165, 1.54) is 4.90 Å². The molecule has 0 bridgehead atoms. The van der Waals surface area contributed by atoms with Crippen molar-refractivity contribution in [3.05, 3.63) is 35.4 Å². The van der Waals surface area contributed by atoms with E-state index in [1.807, 2.05) is 0 Å². The van der Waals surface area contributed by atoms with E-state index in [-0.39, 0.29) is 29.9 Å². The summed E-state index contributed by atoms with van der Waals surface area (Å²) in [6.07, 6.45) is 5.34. The van der Waals surface area contributed by atoms with Crippen LogP contribution in [-0.4, -0.2) is 19.1 Å². The summed E-state index contributed by atoms with van der Waals surface area (Å²) in [5.74, 6) is 0.775. The average Bonchev–Trinajstić information content (AvgIpc) is 2.59. The molecule has 2 aromatic rings. The number of aryl methyl sites for hydroxylation is 1. The predicted octanol–water partition coefficient (Wildman–Crippen LogP) is 2.30. The smallest absolute Gasteiger partial charge is 0.265 e. The molecule has 2 atom stereocenters. The van der Waals surface area contributed by atoms with Gasteiger partial charge in [-0.15, -0.1) is 24.9 Å². The summed E-state index contributed by atoms with van der Waals surface area (Å²) < 4.78 is 34.1. The van der Waals surface area contributed by atoms with Gasteiger partial charge in [-0.05, 0) is 41.6 Å². The van der Waals surface area contributed by atoms with Gasteiger partial charge in [-0.1, -0.05) is 5.92 Å². The van der Waals surface area contributed by atoms with Crippen LogP contribution in [0.3, 0.4) is 0 Å². The van der Waals surface area contributed by atoms with Crippen LogP contribution in [0.2, 0.25) is 0 Å². The van der Waals surface area contributed by atoms with Crippen molar-refractivity contribution in [1.82, 2.24) is 0 Å². The van der Waals surface area contributed by atoms with Gasteiger partial charge in [-0.3, -0.25) is 9.69 Å². The summed E-state index contributed by atoms with van der Waals surface area (Å²) in [6, 6.07) is 4.85. The molecule has 0 radical (unpaired) electrons. The lowest BCUT2D eigenvalue weighted by Crippen LogP contribution is -2.39. The second-order valence-electron chi connectivity index (χ2n) is 5.66. The fourth-order valence-corrected chi connectivity index (χ4v) is 3.32. The monoisotopic (exact) mass is 377 g/mol. The lowest BCUT2D eigenvalue weighted by atomic mass is 10.0. The number of rotatable bonds is 2. The molecule has 7 heteroatoms. The number of carbonyl (C=O) groups is 1. The molecule has 0 saturated heterocycles. The number of fused-ring (bicyclic) bond motifs is 1. The Balaban J connectivity index is 2.23. The molecule has 0 aliphatic carbocycles. The van der Waals surface area contributed by atoms with Crippen molar-refractivity contribution in [3.8, 4) is 29.2 Å². The number of nitrogens with zero attached hydrogens (tertiary/aromatic N) is 1. The number of hydrogen-bond donors (Lipinski definition) is 0. The number of carbonyl (C=O) groups excluding carboxylic acids is 1. The molecule has 2 unspecified atom stereocenters. The molecule has 0 fully saturated rings. The first-order valence-electron chi connectivity index (χ1n) is 7.39. The predicted molar refractivity (Wildman–Crippen MR) is 102 cm³/mol. The Bertz CT molecular complexity index is 938. The van der Waals surface area contributed by atoms with Crippen LogP contribution in [0.5, 0.6) is 5.75 Å². The van der Waals surface area contributed by atoms with Crippen LogP contribution in [0.4, 0.5) is 14.5 Å². The molecular formula is C18H15F2NO2P2. The second-order valence-corrected chi connectivity index (χ2v) is 6.86. The molecule has 3 nitrogen and oxygen atoms in total. The van der Waals surface area contributed by atoms with Crippen molar-refractivity contribution in [2.24, 2.45) is 0 Å². The summed E-state index contributed by atoms with van der Waals surface area (Å²) in [5, 5.41) is 0.819. The highest BCUT2D eigenvalue weighted by atomic mass is 31.0. The number of anilines is 1. The Kier molecular flexibility index (Phi) is 4.78. The Hall–Kier alpha value is -2.01. The van der Waals surface area contributed by atoms with E-state index in [1.54, 1.807) is 25.1 Å². The third-order valence-corrected chi connectivity index (χ3v) is 5.25. The first-order chi connectivity index (χ1) is 11.8. The number of halogens is 2. The van der Waals surface area contributed by atoms with Crippen molar-refractivity contribution in [1.29, 1.82) is 0 Å². The molecule has 0 aromatic heterocycles. The van der Waals surface area contributed by atoms with E-state index in [2.05, 4.69) is 24.4 Å². The van der Waals surface area contributed by atoms with Gasteiger partial charge >= 0.3 is 0 Å². The molecule has 25 heavy (non-hydrogen) atoms.